The van der Waals surface area contributed by atoms with Crippen molar-refractivity contribution in [3.63, 3.8) is 0 Å². The van der Waals surface area contributed by atoms with Gasteiger partial charge < -0.3 is 0 Å². The lowest BCUT2D eigenvalue weighted by molar-refractivity contribution is 0.112. The summed E-state index contributed by atoms with van der Waals surface area (Å²) in [7, 11) is 0. The molecular weight excluding hydrogens is 184 g/mol. The molecule has 70 valence electrons. The molecule has 0 N–H and O–H groups in total. The Bertz CT molecular complexity index is 307. The highest BCUT2D eigenvalue weighted by atomic mass is 35.5. The van der Waals surface area contributed by atoms with Crippen molar-refractivity contribution in [3.05, 3.63) is 34.3 Å². The van der Waals surface area contributed by atoms with E-state index in [4.69, 9.17) is 11.6 Å². The largest absolute Gasteiger partial charge is 0.298 e. The molecule has 1 rings (SSSR count). The van der Waals surface area contributed by atoms with Gasteiger partial charge in [-0.2, -0.15) is 0 Å². The van der Waals surface area contributed by atoms with Crippen molar-refractivity contribution in [3.8, 4) is 0 Å². The van der Waals surface area contributed by atoms with Gasteiger partial charge in [-0.15, -0.1) is 0 Å². The van der Waals surface area contributed by atoms with Crippen molar-refractivity contribution >= 4 is 17.9 Å². The second kappa shape index (κ2) is 4.43. The lowest BCUT2D eigenvalue weighted by atomic mass is 9.94. The van der Waals surface area contributed by atoms with Gasteiger partial charge in [0.05, 0.1) is 5.02 Å². The van der Waals surface area contributed by atoms with Gasteiger partial charge in [-0.25, -0.2) is 0 Å². The fourth-order valence-corrected chi connectivity index (χ4v) is 1.55. The summed E-state index contributed by atoms with van der Waals surface area (Å²) in [6.07, 6.45) is 1.85. The Labute approximate surface area is 83.7 Å². The molecule has 0 saturated heterocycles. The second-order valence-corrected chi connectivity index (χ2v) is 3.58. The lowest BCUT2D eigenvalue weighted by Crippen LogP contribution is -1.97. The van der Waals surface area contributed by atoms with Crippen LogP contribution in [0.15, 0.2) is 18.2 Å². The highest BCUT2D eigenvalue weighted by Gasteiger charge is 2.10. The molecule has 1 aromatic rings. The topological polar surface area (TPSA) is 17.1 Å². The van der Waals surface area contributed by atoms with E-state index in [0.29, 0.717) is 16.5 Å². The molecule has 1 unspecified atom stereocenters. The molecule has 1 nitrogen and oxygen atoms in total. The molecule has 0 spiro atoms. The Balaban J connectivity index is 3.19. The molecule has 0 aliphatic rings. The molecule has 0 saturated carbocycles. The Morgan fingerprint density at radius 3 is 2.77 bits per heavy atom. The van der Waals surface area contributed by atoms with Gasteiger partial charge in [0.15, 0.2) is 6.29 Å². The van der Waals surface area contributed by atoms with Crippen LogP contribution in [0.2, 0.25) is 5.02 Å². The number of halogens is 1. The fourth-order valence-electron chi connectivity index (χ4n) is 1.33. The van der Waals surface area contributed by atoms with E-state index in [1.165, 1.54) is 0 Å². The van der Waals surface area contributed by atoms with Crippen LogP contribution in [0.3, 0.4) is 0 Å². The van der Waals surface area contributed by atoms with Crippen LogP contribution in [0.5, 0.6) is 0 Å². The fraction of sp³-hybridized carbons (Fsp3) is 0.364. The van der Waals surface area contributed by atoms with Gasteiger partial charge in [-0.1, -0.05) is 37.6 Å². The first-order valence-corrected chi connectivity index (χ1v) is 4.82. The summed E-state index contributed by atoms with van der Waals surface area (Å²) in [6, 6.07) is 5.60. The van der Waals surface area contributed by atoms with E-state index in [2.05, 4.69) is 13.8 Å². The van der Waals surface area contributed by atoms with Crippen LogP contribution in [-0.4, -0.2) is 6.29 Å². The first kappa shape index (κ1) is 10.3. The second-order valence-electron chi connectivity index (χ2n) is 3.17. The van der Waals surface area contributed by atoms with Crippen molar-refractivity contribution < 1.29 is 4.79 Å². The maximum atomic E-state index is 10.8. The highest BCUT2D eigenvalue weighted by Crippen LogP contribution is 2.26. The van der Waals surface area contributed by atoms with Crippen molar-refractivity contribution in [2.45, 2.75) is 26.2 Å². The molecule has 0 aliphatic carbocycles. The highest BCUT2D eigenvalue weighted by molar-refractivity contribution is 6.33. The number of carbonyl (C=O) groups is 1. The van der Waals surface area contributed by atoms with E-state index in [1.807, 2.05) is 12.1 Å². The van der Waals surface area contributed by atoms with E-state index >= 15 is 0 Å². The van der Waals surface area contributed by atoms with Crippen LogP contribution in [0.25, 0.3) is 0 Å². The van der Waals surface area contributed by atoms with Gasteiger partial charge in [0.1, 0.15) is 0 Å². The zero-order chi connectivity index (χ0) is 9.84. The third-order valence-electron chi connectivity index (χ3n) is 2.35. The van der Waals surface area contributed by atoms with Gasteiger partial charge in [0, 0.05) is 5.56 Å². The predicted molar refractivity (Wildman–Crippen MR) is 55.5 cm³/mol. The minimum atomic E-state index is 0.388. The first-order valence-electron chi connectivity index (χ1n) is 4.44. The molecule has 0 heterocycles. The van der Waals surface area contributed by atoms with Crippen LogP contribution >= 0.6 is 11.6 Å². The smallest absolute Gasteiger partial charge is 0.151 e. The molecule has 0 bridgehead atoms. The molecule has 13 heavy (non-hydrogen) atoms. The summed E-state index contributed by atoms with van der Waals surface area (Å²) in [5, 5.41) is 0.549. The van der Waals surface area contributed by atoms with E-state index in [-0.39, 0.29) is 0 Å². The molecular formula is C11H13ClO. The third-order valence-corrected chi connectivity index (χ3v) is 2.68. The predicted octanol–water partition coefficient (Wildman–Crippen LogP) is 3.67. The Morgan fingerprint density at radius 2 is 2.23 bits per heavy atom. The van der Waals surface area contributed by atoms with Crippen molar-refractivity contribution in [2.24, 2.45) is 0 Å². The molecule has 1 atom stereocenters. The Kier molecular flexibility index (Phi) is 3.49. The normalized spacial score (nSPS) is 12.5. The first-order chi connectivity index (χ1) is 6.20. The monoisotopic (exact) mass is 196 g/mol. The number of hydrogen-bond donors (Lipinski definition) is 0. The third kappa shape index (κ3) is 2.10. The summed E-state index contributed by atoms with van der Waals surface area (Å²) in [4.78, 5) is 10.8. The van der Waals surface area contributed by atoms with Gasteiger partial charge in [0.2, 0.25) is 0 Å². The summed E-state index contributed by atoms with van der Waals surface area (Å²) < 4.78 is 0. The van der Waals surface area contributed by atoms with Crippen LogP contribution in [0, 0.1) is 0 Å². The summed E-state index contributed by atoms with van der Waals surface area (Å²) in [5.74, 6) is 0.388. The SMILES string of the molecule is CCC(C)c1cccc(Cl)c1C=O. The van der Waals surface area contributed by atoms with Crippen LogP contribution in [-0.2, 0) is 0 Å². The number of rotatable bonds is 3. The average molecular weight is 197 g/mol. The Hall–Kier alpha value is -0.820. The van der Waals surface area contributed by atoms with Crippen molar-refractivity contribution in [2.75, 3.05) is 0 Å². The zero-order valence-electron chi connectivity index (χ0n) is 7.88. The molecule has 2 heteroatoms. The van der Waals surface area contributed by atoms with E-state index < -0.39 is 0 Å². The number of carbonyl (C=O) groups excluding carboxylic acids is 1. The molecule has 0 amide bonds. The van der Waals surface area contributed by atoms with Gasteiger partial charge in [-0.3, -0.25) is 4.79 Å². The maximum absolute atomic E-state index is 10.8. The molecule has 0 aromatic heterocycles. The minimum absolute atomic E-state index is 0.388. The zero-order valence-corrected chi connectivity index (χ0v) is 8.64. The van der Waals surface area contributed by atoms with Gasteiger partial charge >= 0.3 is 0 Å². The van der Waals surface area contributed by atoms with Gasteiger partial charge in [0.25, 0.3) is 0 Å². The van der Waals surface area contributed by atoms with Crippen LogP contribution < -0.4 is 0 Å². The number of hydrogen-bond acceptors (Lipinski definition) is 1. The van der Waals surface area contributed by atoms with Crippen molar-refractivity contribution in [1.82, 2.24) is 0 Å². The summed E-state index contributed by atoms with van der Waals surface area (Å²) in [6.45, 7) is 4.19. The molecule has 0 radical (unpaired) electrons. The maximum Gasteiger partial charge on any atom is 0.151 e. The minimum Gasteiger partial charge on any atom is -0.298 e. The molecule has 0 aliphatic heterocycles. The van der Waals surface area contributed by atoms with E-state index in [9.17, 15) is 4.79 Å². The van der Waals surface area contributed by atoms with E-state index in [0.717, 1.165) is 18.3 Å². The van der Waals surface area contributed by atoms with Crippen LogP contribution in [0.1, 0.15) is 42.1 Å². The Morgan fingerprint density at radius 1 is 1.54 bits per heavy atom. The summed E-state index contributed by atoms with van der Waals surface area (Å²) >= 11 is 5.90. The standard InChI is InChI=1S/C11H13ClO/c1-3-8(2)9-5-4-6-11(12)10(9)7-13/h4-8H,3H2,1-2H3. The molecule has 0 fully saturated rings. The lowest BCUT2D eigenvalue weighted by Gasteiger charge is -2.12. The average Bonchev–Trinajstić information content (AvgIpc) is 2.16. The quantitative estimate of drug-likeness (QED) is 0.675. The van der Waals surface area contributed by atoms with Crippen molar-refractivity contribution in [1.29, 1.82) is 0 Å². The van der Waals surface area contributed by atoms with E-state index in [1.54, 1.807) is 6.07 Å². The number of benzene rings is 1. The number of aldehydes is 1. The summed E-state index contributed by atoms with van der Waals surface area (Å²) in [5.41, 5.74) is 1.68. The van der Waals surface area contributed by atoms with Crippen LogP contribution in [0.4, 0.5) is 0 Å². The molecule has 1 aromatic carbocycles. The van der Waals surface area contributed by atoms with Gasteiger partial charge in [-0.05, 0) is 24.0 Å².